The molecule has 4 aromatic rings. The predicted molar refractivity (Wildman–Crippen MR) is 228 cm³/mol. The number of amides is 1. The number of nitrogens with one attached hydrogen (secondary N) is 4. The summed E-state index contributed by atoms with van der Waals surface area (Å²) in [6, 6.07) is 6.41. The Balaban J connectivity index is 1.39. The van der Waals surface area contributed by atoms with Crippen molar-refractivity contribution in [3.63, 3.8) is 0 Å². The molecule has 0 bridgehead atoms. The van der Waals surface area contributed by atoms with Crippen LogP contribution in [0.15, 0.2) is 72.0 Å². The zero-order valence-electron chi connectivity index (χ0n) is 34.5. The fourth-order valence-corrected chi connectivity index (χ4v) is 9.64. The number of hydrogen-bond donors (Lipinski definition) is 4. The number of halogens is 9. The van der Waals surface area contributed by atoms with Crippen LogP contribution in [0.5, 0.6) is 0 Å². The highest BCUT2D eigenvalue weighted by Crippen LogP contribution is 2.65. The van der Waals surface area contributed by atoms with Crippen molar-refractivity contribution in [2.75, 3.05) is 17.5 Å². The Kier molecular flexibility index (Phi) is 12.6. The van der Waals surface area contributed by atoms with Gasteiger partial charge in [0, 0.05) is 34.9 Å². The molecular formula is C42H40ClF8N7O5S2. The number of alkyl halides is 6. The number of fused-ring (bicyclic) bond motifs is 2. The van der Waals surface area contributed by atoms with Crippen molar-refractivity contribution < 1.29 is 56.8 Å². The fraction of sp³-hybridized carbons (Fsp3) is 0.381. The van der Waals surface area contributed by atoms with Crippen molar-refractivity contribution in [1.82, 2.24) is 25.4 Å². The number of pyridine rings is 1. The maximum absolute atomic E-state index is 15.5. The highest BCUT2D eigenvalue weighted by molar-refractivity contribution is 7.93. The Morgan fingerprint density at radius 2 is 1.69 bits per heavy atom. The van der Waals surface area contributed by atoms with Gasteiger partial charge in [0.15, 0.2) is 15.7 Å². The average molecular weight is 974 g/mol. The van der Waals surface area contributed by atoms with E-state index in [2.05, 4.69) is 27.0 Å². The lowest BCUT2D eigenvalue weighted by Gasteiger charge is -2.24. The quantitative estimate of drug-likeness (QED) is 0.0441. The van der Waals surface area contributed by atoms with Crippen molar-refractivity contribution >= 4 is 65.9 Å². The maximum atomic E-state index is 15.5. The van der Waals surface area contributed by atoms with Crippen molar-refractivity contribution in [2.45, 2.75) is 74.5 Å². The second-order valence-electron chi connectivity index (χ2n) is 16.6. The van der Waals surface area contributed by atoms with Crippen LogP contribution in [0.1, 0.15) is 49.7 Å². The Bertz CT molecular complexity index is 2920. The largest absolute Gasteiger partial charge is 0.374 e. The summed E-state index contributed by atoms with van der Waals surface area (Å²) in [5.74, 6) is -10.2. The van der Waals surface area contributed by atoms with E-state index < -0.39 is 121 Å². The van der Waals surface area contributed by atoms with Gasteiger partial charge in [0.1, 0.15) is 23.9 Å². The number of carbonyl (C=O) groups excluding carboxylic acids is 1. The summed E-state index contributed by atoms with van der Waals surface area (Å²) in [6.45, 7) is 4.23. The molecule has 3 atom stereocenters. The van der Waals surface area contributed by atoms with Crippen LogP contribution in [0, 0.1) is 28.9 Å². The Hall–Kier alpha value is -5.35. The molecule has 2 fully saturated rings. The van der Waals surface area contributed by atoms with Gasteiger partial charge >= 0.3 is 0 Å². The third-order valence-corrected chi connectivity index (χ3v) is 15.7. The van der Waals surface area contributed by atoms with Crippen molar-refractivity contribution in [3.8, 4) is 11.1 Å². The molecule has 2 saturated carbocycles. The van der Waals surface area contributed by atoms with Crippen molar-refractivity contribution in [2.24, 2.45) is 11.8 Å². The number of hydrogen-bond acceptors (Lipinski definition) is 9. The molecule has 0 radical (unpaired) electrons. The van der Waals surface area contributed by atoms with Gasteiger partial charge in [0.2, 0.25) is 15.9 Å². The molecule has 2 aromatic carbocycles. The summed E-state index contributed by atoms with van der Waals surface area (Å²) in [5, 5.41) is 15.9. The molecule has 7 rings (SSSR count). The third kappa shape index (κ3) is 9.51. The van der Waals surface area contributed by atoms with Crippen LogP contribution in [-0.4, -0.2) is 84.8 Å². The lowest BCUT2D eigenvalue weighted by molar-refractivity contribution is -0.121. The molecular weight excluding hydrogens is 934 g/mol. The Morgan fingerprint density at radius 1 is 1.05 bits per heavy atom. The molecule has 0 spiro atoms. The molecule has 0 saturated heterocycles. The van der Waals surface area contributed by atoms with Crippen LogP contribution in [0.3, 0.4) is 0 Å². The smallest absolute Gasteiger partial charge is 0.294 e. The van der Waals surface area contributed by atoms with E-state index in [1.165, 1.54) is 50.3 Å². The minimum atomic E-state index is -4.04. The molecule has 3 aliphatic rings. The molecule has 4 N–H and O–H groups in total. The van der Waals surface area contributed by atoms with Gasteiger partial charge in [-0.1, -0.05) is 42.0 Å². The molecule has 2 aromatic heterocycles. The van der Waals surface area contributed by atoms with Gasteiger partial charge < -0.3 is 10.6 Å². The van der Waals surface area contributed by atoms with Gasteiger partial charge in [0.05, 0.1) is 61.5 Å². The summed E-state index contributed by atoms with van der Waals surface area (Å²) >= 11 is 6.62. The molecule has 65 heavy (non-hydrogen) atoms. The summed E-state index contributed by atoms with van der Waals surface area (Å²) in [5.41, 5.74) is -3.52. The van der Waals surface area contributed by atoms with Gasteiger partial charge in [-0.15, -0.1) is 0 Å². The Morgan fingerprint density at radius 3 is 2.29 bits per heavy atom. The van der Waals surface area contributed by atoms with E-state index in [0.717, 1.165) is 23.1 Å². The summed E-state index contributed by atoms with van der Waals surface area (Å²) in [6.07, 6.45) is -2.64. The van der Waals surface area contributed by atoms with E-state index in [4.69, 9.17) is 22.0 Å². The van der Waals surface area contributed by atoms with E-state index >= 15 is 8.78 Å². The number of sulfone groups is 1. The van der Waals surface area contributed by atoms with Crippen LogP contribution in [0.25, 0.3) is 28.1 Å². The number of nitrogens with zero attached hydrogens (tertiary/aromatic N) is 3. The van der Waals surface area contributed by atoms with Gasteiger partial charge in [-0.2, -0.15) is 13.9 Å². The van der Waals surface area contributed by atoms with Gasteiger partial charge in [-0.3, -0.25) is 24.6 Å². The zero-order valence-corrected chi connectivity index (χ0v) is 36.9. The highest BCUT2D eigenvalue weighted by Gasteiger charge is 2.69. The summed E-state index contributed by atoms with van der Waals surface area (Å²) in [7, 11) is -7.75. The number of anilines is 1. The summed E-state index contributed by atoms with van der Waals surface area (Å²) in [4.78, 5) is 18.6. The lowest BCUT2D eigenvalue weighted by atomic mass is 9.93. The SMILES string of the molecule is C=C1C2C(C(=N)C(F)F)=C(NCC(=O)N[C@@H](Cc3cc(F)cc(F)c3)c3nc(C=CC(C)(C)S(C)(=O)=O)ccc3-c3ccc(Cl)c4c(NS(=O)(=O)C5CC5)nn(CC(F)F)c34)C(F)(F)[C@H]12. The van der Waals surface area contributed by atoms with E-state index in [1.807, 2.05) is 0 Å². The minimum Gasteiger partial charge on any atom is -0.374 e. The van der Waals surface area contributed by atoms with E-state index in [0.29, 0.717) is 18.9 Å². The number of carbonyl (C=O) groups is 1. The van der Waals surface area contributed by atoms with Gasteiger partial charge in [0.25, 0.3) is 18.8 Å². The zero-order chi connectivity index (χ0) is 47.7. The monoisotopic (exact) mass is 973 g/mol. The minimum absolute atomic E-state index is 0.0182. The van der Waals surface area contributed by atoms with Crippen LogP contribution >= 0.6 is 11.6 Å². The van der Waals surface area contributed by atoms with E-state index in [-0.39, 0.29) is 55.4 Å². The van der Waals surface area contributed by atoms with Crippen LogP contribution in [-0.2, 0) is 37.6 Å². The predicted octanol–water partition coefficient (Wildman–Crippen LogP) is 8.02. The molecule has 0 aliphatic heterocycles. The molecule has 1 amide bonds. The molecule has 12 nitrogen and oxygen atoms in total. The standard InChI is InChI=1S/C42H40ClF8N7O5S2/c1-19-31-33(35(52)39(48)49)38(42(50,51)34(19)31)53-17-30(59)55-28(15-20-13-21(44)16-22(45)14-20)36-25(8-5-23(54-36)11-12-41(2,3)64(4,60)61)26-9-10-27(43)32-37(26)58(18-29(46)47)56-40(32)57-65(62,63)24-6-7-24/h5,8-14,16,24,28-29,31,34,39,52-53H,1,6-7,15,17-18H2,2-4H3,(H,55,59)(H,56,57)/t28-,31?,34+/m0/s1. The number of allylic oxidation sites excluding steroid dienone is 3. The molecule has 23 heteroatoms. The molecule has 3 aliphatic carbocycles. The first-order chi connectivity index (χ1) is 30.2. The van der Waals surface area contributed by atoms with Gasteiger partial charge in [-0.25, -0.2) is 43.2 Å². The topological polar surface area (TPSA) is 176 Å². The lowest BCUT2D eigenvalue weighted by Crippen LogP contribution is -2.41. The van der Waals surface area contributed by atoms with Crippen molar-refractivity contribution in [3.05, 3.63) is 106 Å². The van der Waals surface area contributed by atoms with Crippen molar-refractivity contribution in [1.29, 1.82) is 5.41 Å². The second-order valence-corrected chi connectivity index (χ2v) is 21.5. The fourth-order valence-electron chi connectivity index (χ4n) is 7.74. The van der Waals surface area contributed by atoms with Gasteiger partial charge in [-0.05, 0) is 69.0 Å². The molecule has 2 heterocycles. The summed E-state index contributed by atoms with van der Waals surface area (Å²) < 4.78 is 169. The number of aromatic nitrogens is 3. The Labute approximate surface area is 372 Å². The third-order valence-electron chi connectivity index (χ3n) is 11.5. The van der Waals surface area contributed by atoms with Crippen LogP contribution < -0.4 is 15.4 Å². The van der Waals surface area contributed by atoms with Crippen LogP contribution in [0.4, 0.5) is 40.9 Å². The first-order valence-electron chi connectivity index (χ1n) is 19.8. The average Bonchev–Trinajstić information content (AvgIpc) is 4.11. The van der Waals surface area contributed by atoms with E-state index in [1.54, 1.807) is 0 Å². The second kappa shape index (κ2) is 17.1. The van der Waals surface area contributed by atoms with Crippen LogP contribution in [0.2, 0.25) is 5.02 Å². The highest BCUT2D eigenvalue weighted by atomic mass is 35.5. The first kappa shape index (κ1) is 47.6. The number of rotatable bonds is 18. The number of sulfonamides is 1. The maximum Gasteiger partial charge on any atom is 0.294 e. The van der Waals surface area contributed by atoms with E-state index in [9.17, 15) is 48.0 Å². The molecule has 1 unspecified atom stereocenters. The first-order valence-corrected chi connectivity index (χ1v) is 23.6. The molecule has 348 valence electrons. The normalized spacial score (nSPS) is 19.1. The number of benzene rings is 2.